The van der Waals surface area contributed by atoms with E-state index in [1.165, 1.54) is 10.9 Å². The molecule has 1 N–H and O–H groups in total. The van der Waals surface area contributed by atoms with Crippen molar-refractivity contribution in [3.8, 4) is 0 Å². The maximum absolute atomic E-state index is 8.76. The van der Waals surface area contributed by atoms with Gasteiger partial charge < -0.3 is 9.67 Å². The Bertz CT molecular complexity index is 436. The third-order valence-electron chi connectivity index (χ3n) is 2.29. The Balaban J connectivity index is 2.37. The molecule has 1 heterocycles. The summed E-state index contributed by atoms with van der Waals surface area (Å²) < 4.78 is 3.27. The van der Waals surface area contributed by atoms with Crippen LogP contribution in [0.25, 0.3) is 10.9 Å². The molecular formula is C11H12BrNO. The molecule has 0 spiro atoms. The van der Waals surface area contributed by atoms with Crippen LogP contribution in [0.2, 0.25) is 0 Å². The molecule has 14 heavy (non-hydrogen) atoms. The van der Waals surface area contributed by atoms with Gasteiger partial charge in [-0.2, -0.15) is 0 Å². The van der Waals surface area contributed by atoms with Crippen LogP contribution in [0.3, 0.4) is 0 Å². The molecule has 0 atom stereocenters. The van der Waals surface area contributed by atoms with Crippen LogP contribution in [0.1, 0.15) is 6.42 Å². The van der Waals surface area contributed by atoms with E-state index in [1.807, 2.05) is 6.07 Å². The zero-order chi connectivity index (χ0) is 9.97. The van der Waals surface area contributed by atoms with Crippen molar-refractivity contribution in [3.63, 3.8) is 0 Å². The monoisotopic (exact) mass is 253 g/mol. The number of aryl methyl sites for hydroxylation is 1. The molecule has 74 valence electrons. The number of fused-ring (bicyclic) bond motifs is 1. The molecule has 3 heteroatoms. The Morgan fingerprint density at radius 1 is 1.29 bits per heavy atom. The Morgan fingerprint density at radius 2 is 2.14 bits per heavy atom. The predicted molar refractivity (Wildman–Crippen MR) is 61.3 cm³/mol. The fraction of sp³-hybridized carbons (Fsp3) is 0.273. The van der Waals surface area contributed by atoms with E-state index in [2.05, 4.69) is 44.9 Å². The van der Waals surface area contributed by atoms with E-state index in [9.17, 15) is 0 Å². The van der Waals surface area contributed by atoms with Gasteiger partial charge in [-0.05, 0) is 30.7 Å². The van der Waals surface area contributed by atoms with Crippen LogP contribution < -0.4 is 0 Å². The average Bonchev–Trinajstić information content (AvgIpc) is 2.57. The van der Waals surface area contributed by atoms with Gasteiger partial charge in [0.2, 0.25) is 0 Å². The third kappa shape index (κ3) is 1.83. The van der Waals surface area contributed by atoms with Gasteiger partial charge in [-0.15, -0.1) is 0 Å². The summed E-state index contributed by atoms with van der Waals surface area (Å²) in [6.07, 6.45) is 2.87. The minimum absolute atomic E-state index is 0.246. The number of benzene rings is 1. The Hall–Kier alpha value is -0.800. The molecule has 2 aromatic rings. The van der Waals surface area contributed by atoms with E-state index in [0.29, 0.717) is 0 Å². The highest BCUT2D eigenvalue weighted by molar-refractivity contribution is 9.10. The molecule has 0 amide bonds. The molecule has 0 aliphatic rings. The van der Waals surface area contributed by atoms with Crippen molar-refractivity contribution >= 4 is 26.8 Å². The number of aliphatic hydroxyl groups is 1. The summed E-state index contributed by atoms with van der Waals surface area (Å²) >= 11 is 3.45. The lowest BCUT2D eigenvalue weighted by molar-refractivity contribution is 0.280. The van der Waals surface area contributed by atoms with Crippen LogP contribution in [0.4, 0.5) is 0 Å². The largest absolute Gasteiger partial charge is 0.396 e. The second kappa shape index (κ2) is 4.15. The molecule has 0 saturated heterocycles. The molecule has 0 bridgehead atoms. The summed E-state index contributed by atoms with van der Waals surface area (Å²) in [4.78, 5) is 0. The van der Waals surface area contributed by atoms with Crippen molar-refractivity contribution < 1.29 is 5.11 Å². The maximum Gasteiger partial charge on any atom is 0.0481 e. The lowest BCUT2D eigenvalue weighted by atomic mass is 10.2. The van der Waals surface area contributed by atoms with Crippen LogP contribution in [0.15, 0.2) is 34.9 Å². The summed E-state index contributed by atoms with van der Waals surface area (Å²) in [5.74, 6) is 0. The van der Waals surface area contributed by atoms with Crippen LogP contribution in [-0.2, 0) is 6.54 Å². The molecule has 0 aliphatic heterocycles. The molecule has 0 radical (unpaired) electrons. The van der Waals surface area contributed by atoms with Crippen LogP contribution in [0, 0.1) is 0 Å². The number of aromatic nitrogens is 1. The van der Waals surface area contributed by atoms with Gasteiger partial charge in [0.25, 0.3) is 0 Å². The predicted octanol–water partition coefficient (Wildman–Crippen LogP) is 2.79. The van der Waals surface area contributed by atoms with Crippen LogP contribution in [-0.4, -0.2) is 16.3 Å². The van der Waals surface area contributed by atoms with Gasteiger partial charge in [0.15, 0.2) is 0 Å². The molecule has 2 nitrogen and oxygen atoms in total. The molecule has 0 saturated carbocycles. The summed E-state index contributed by atoms with van der Waals surface area (Å²) in [6.45, 7) is 1.12. The van der Waals surface area contributed by atoms with Crippen molar-refractivity contribution in [1.29, 1.82) is 0 Å². The molecule has 0 aliphatic carbocycles. The highest BCUT2D eigenvalue weighted by Gasteiger charge is 2.00. The van der Waals surface area contributed by atoms with Crippen LogP contribution >= 0.6 is 15.9 Å². The molecule has 0 fully saturated rings. The average molecular weight is 254 g/mol. The van der Waals surface area contributed by atoms with Crippen LogP contribution in [0.5, 0.6) is 0 Å². The lowest BCUT2D eigenvalue weighted by Crippen LogP contribution is -1.97. The Kier molecular flexibility index (Phi) is 2.89. The maximum atomic E-state index is 8.76. The highest BCUT2D eigenvalue weighted by atomic mass is 79.9. The van der Waals surface area contributed by atoms with Crippen molar-refractivity contribution in [1.82, 2.24) is 4.57 Å². The molecule has 1 aromatic carbocycles. The van der Waals surface area contributed by atoms with Gasteiger partial charge in [-0.1, -0.05) is 15.9 Å². The topological polar surface area (TPSA) is 25.2 Å². The smallest absolute Gasteiger partial charge is 0.0481 e. The number of hydrogen-bond donors (Lipinski definition) is 1. The minimum Gasteiger partial charge on any atom is -0.396 e. The van der Waals surface area contributed by atoms with E-state index >= 15 is 0 Å². The lowest BCUT2D eigenvalue weighted by Gasteiger charge is -2.03. The first-order chi connectivity index (χ1) is 6.81. The zero-order valence-electron chi connectivity index (χ0n) is 7.78. The normalized spacial score (nSPS) is 11.0. The van der Waals surface area contributed by atoms with Gasteiger partial charge in [0.05, 0.1) is 0 Å². The number of aliphatic hydroxyl groups excluding tert-OH is 1. The fourth-order valence-corrected chi connectivity index (χ4v) is 1.99. The highest BCUT2D eigenvalue weighted by Crippen LogP contribution is 2.20. The van der Waals surface area contributed by atoms with Gasteiger partial charge in [-0.3, -0.25) is 0 Å². The van der Waals surface area contributed by atoms with Crippen molar-refractivity contribution in [3.05, 3.63) is 34.9 Å². The second-order valence-corrected chi connectivity index (χ2v) is 4.21. The molecule has 2 rings (SSSR count). The fourth-order valence-electron chi connectivity index (χ4n) is 1.61. The quantitative estimate of drug-likeness (QED) is 0.895. The van der Waals surface area contributed by atoms with E-state index in [1.54, 1.807) is 0 Å². The van der Waals surface area contributed by atoms with E-state index < -0.39 is 0 Å². The third-order valence-corrected chi connectivity index (χ3v) is 2.78. The van der Waals surface area contributed by atoms with E-state index in [0.717, 1.165) is 17.4 Å². The summed E-state index contributed by atoms with van der Waals surface area (Å²) in [6, 6.07) is 8.33. The second-order valence-electron chi connectivity index (χ2n) is 3.29. The molecule has 1 aromatic heterocycles. The Labute approximate surface area is 91.3 Å². The first-order valence-electron chi connectivity index (χ1n) is 4.66. The number of nitrogens with zero attached hydrogens (tertiary/aromatic N) is 1. The number of halogens is 1. The zero-order valence-corrected chi connectivity index (χ0v) is 9.37. The number of rotatable bonds is 3. The SMILES string of the molecule is OCCCn1ccc2cc(Br)ccc21. The van der Waals surface area contributed by atoms with Crippen molar-refractivity contribution in [2.45, 2.75) is 13.0 Å². The summed E-state index contributed by atoms with van der Waals surface area (Å²) in [5, 5.41) is 9.99. The number of hydrogen-bond acceptors (Lipinski definition) is 1. The van der Waals surface area contributed by atoms with Gasteiger partial charge in [0, 0.05) is 34.7 Å². The van der Waals surface area contributed by atoms with Gasteiger partial charge >= 0.3 is 0 Å². The first-order valence-corrected chi connectivity index (χ1v) is 5.46. The summed E-state index contributed by atoms with van der Waals surface area (Å²) in [7, 11) is 0. The van der Waals surface area contributed by atoms with Crippen molar-refractivity contribution in [2.24, 2.45) is 0 Å². The molecular weight excluding hydrogens is 242 g/mol. The van der Waals surface area contributed by atoms with E-state index in [4.69, 9.17) is 5.11 Å². The van der Waals surface area contributed by atoms with E-state index in [-0.39, 0.29) is 6.61 Å². The minimum atomic E-state index is 0.246. The summed E-state index contributed by atoms with van der Waals surface area (Å²) in [5.41, 5.74) is 1.22. The first kappa shape index (κ1) is 9.74. The van der Waals surface area contributed by atoms with Crippen molar-refractivity contribution in [2.75, 3.05) is 6.61 Å². The van der Waals surface area contributed by atoms with Gasteiger partial charge in [0.1, 0.15) is 0 Å². The van der Waals surface area contributed by atoms with Gasteiger partial charge in [-0.25, -0.2) is 0 Å². The molecule has 0 unspecified atom stereocenters. The standard InChI is InChI=1S/C11H12BrNO/c12-10-2-3-11-9(8-10)4-6-13(11)5-1-7-14/h2-4,6,8,14H,1,5,7H2. The Morgan fingerprint density at radius 3 is 2.93 bits per heavy atom.